The minimum absolute atomic E-state index is 0.0951. The van der Waals surface area contributed by atoms with Crippen molar-refractivity contribution in [3.63, 3.8) is 0 Å². The molecule has 1 aromatic carbocycles. The SMILES string of the molecule is Cn1cnnc1SCC(=O)N(Cc1cccnc1)C1CCCc2ccccc21. The molecule has 0 saturated heterocycles. The molecular formula is C21H23N5OS. The van der Waals surface area contributed by atoms with Crippen molar-refractivity contribution in [3.05, 3.63) is 71.8 Å². The molecule has 4 rings (SSSR count). The molecule has 0 fully saturated rings. The van der Waals surface area contributed by atoms with Crippen molar-refractivity contribution in [1.29, 1.82) is 0 Å². The van der Waals surface area contributed by atoms with E-state index in [9.17, 15) is 4.79 Å². The fraction of sp³-hybridized carbons (Fsp3) is 0.333. The van der Waals surface area contributed by atoms with Crippen LogP contribution in [0.4, 0.5) is 0 Å². The highest BCUT2D eigenvalue weighted by atomic mass is 32.2. The van der Waals surface area contributed by atoms with Crippen molar-refractivity contribution in [2.75, 3.05) is 5.75 Å². The zero-order chi connectivity index (χ0) is 19.3. The Morgan fingerprint density at radius 2 is 2.18 bits per heavy atom. The van der Waals surface area contributed by atoms with Gasteiger partial charge in [-0.15, -0.1) is 10.2 Å². The van der Waals surface area contributed by atoms with Crippen LogP contribution in [0.25, 0.3) is 0 Å². The number of carbonyl (C=O) groups excluding carboxylic acids is 1. The largest absolute Gasteiger partial charge is 0.331 e. The van der Waals surface area contributed by atoms with Crippen LogP contribution in [0.5, 0.6) is 0 Å². The number of aryl methyl sites for hydroxylation is 2. The summed E-state index contributed by atoms with van der Waals surface area (Å²) < 4.78 is 1.83. The van der Waals surface area contributed by atoms with E-state index < -0.39 is 0 Å². The Hall–Kier alpha value is -2.67. The number of hydrogen-bond acceptors (Lipinski definition) is 5. The highest BCUT2D eigenvalue weighted by Crippen LogP contribution is 2.35. The Balaban J connectivity index is 1.59. The standard InChI is InChI=1S/C21H23N5OS/c1-25-15-23-24-21(25)28-14-20(27)26(13-16-6-5-11-22-12-16)19-10-4-8-17-7-2-3-9-18(17)19/h2-3,5-7,9,11-12,15,19H,4,8,10,13-14H2,1H3. The summed E-state index contributed by atoms with van der Waals surface area (Å²) in [6.07, 6.45) is 8.40. The van der Waals surface area contributed by atoms with Gasteiger partial charge < -0.3 is 9.47 Å². The van der Waals surface area contributed by atoms with Crippen LogP contribution in [0, 0.1) is 0 Å². The number of fused-ring (bicyclic) bond motifs is 1. The van der Waals surface area contributed by atoms with Gasteiger partial charge in [-0.05, 0) is 42.0 Å². The lowest BCUT2D eigenvalue weighted by Gasteiger charge is -2.36. The normalized spacial score (nSPS) is 15.8. The third kappa shape index (κ3) is 4.09. The summed E-state index contributed by atoms with van der Waals surface area (Å²) in [5.74, 6) is 0.449. The van der Waals surface area contributed by atoms with Crippen molar-refractivity contribution in [1.82, 2.24) is 24.6 Å². The summed E-state index contributed by atoms with van der Waals surface area (Å²) in [6.45, 7) is 0.561. The minimum Gasteiger partial charge on any atom is -0.331 e. The minimum atomic E-state index is 0.0951. The van der Waals surface area contributed by atoms with Crippen LogP contribution in [0.1, 0.15) is 35.6 Å². The molecule has 0 N–H and O–H groups in total. The van der Waals surface area contributed by atoms with Crippen molar-refractivity contribution in [2.45, 2.75) is 37.0 Å². The lowest BCUT2D eigenvalue weighted by molar-refractivity contribution is -0.131. The quantitative estimate of drug-likeness (QED) is 0.601. The number of amides is 1. The zero-order valence-corrected chi connectivity index (χ0v) is 16.7. The average Bonchev–Trinajstić information content (AvgIpc) is 3.15. The Bertz CT molecular complexity index is 943. The average molecular weight is 394 g/mol. The number of nitrogens with zero attached hydrogens (tertiary/aromatic N) is 5. The van der Waals surface area contributed by atoms with Gasteiger partial charge in [-0.1, -0.05) is 42.1 Å². The fourth-order valence-corrected chi connectivity index (χ4v) is 4.50. The Morgan fingerprint density at radius 3 is 2.96 bits per heavy atom. The van der Waals surface area contributed by atoms with E-state index in [2.05, 4.69) is 39.4 Å². The molecule has 7 heteroatoms. The molecule has 0 radical (unpaired) electrons. The number of aromatic nitrogens is 4. The molecule has 0 spiro atoms. The number of pyridine rings is 1. The molecular weight excluding hydrogens is 370 g/mol. The second-order valence-corrected chi connectivity index (χ2v) is 7.95. The van der Waals surface area contributed by atoms with E-state index in [0.29, 0.717) is 12.3 Å². The first-order valence-electron chi connectivity index (χ1n) is 9.45. The Labute approximate surface area is 169 Å². The maximum atomic E-state index is 13.3. The summed E-state index contributed by atoms with van der Waals surface area (Å²) in [6, 6.07) is 12.5. The summed E-state index contributed by atoms with van der Waals surface area (Å²) in [5, 5.41) is 8.71. The second-order valence-electron chi connectivity index (χ2n) is 7.00. The molecule has 0 aliphatic heterocycles. The number of hydrogen-bond donors (Lipinski definition) is 0. The topological polar surface area (TPSA) is 63.9 Å². The lowest BCUT2D eigenvalue weighted by Crippen LogP contribution is -2.37. The number of carbonyl (C=O) groups is 1. The molecule has 144 valence electrons. The molecule has 28 heavy (non-hydrogen) atoms. The lowest BCUT2D eigenvalue weighted by atomic mass is 9.86. The molecule has 2 aromatic heterocycles. The van der Waals surface area contributed by atoms with E-state index in [1.165, 1.54) is 22.9 Å². The van der Waals surface area contributed by atoms with Crippen LogP contribution in [-0.2, 0) is 24.8 Å². The maximum absolute atomic E-state index is 13.3. The Kier molecular flexibility index (Phi) is 5.71. The third-order valence-electron chi connectivity index (χ3n) is 5.10. The van der Waals surface area contributed by atoms with Crippen molar-refractivity contribution in [3.8, 4) is 0 Å². The van der Waals surface area contributed by atoms with E-state index in [1.54, 1.807) is 12.5 Å². The van der Waals surface area contributed by atoms with Crippen molar-refractivity contribution < 1.29 is 4.79 Å². The van der Waals surface area contributed by atoms with E-state index in [1.807, 2.05) is 34.8 Å². The molecule has 1 aliphatic carbocycles. The van der Waals surface area contributed by atoms with Gasteiger partial charge in [-0.2, -0.15) is 0 Å². The van der Waals surface area contributed by atoms with Gasteiger partial charge in [0.15, 0.2) is 5.16 Å². The molecule has 1 unspecified atom stereocenters. The molecule has 2 heterocycles. The second kappa shape index (κ2) is 8.56. The Morgan fingerprint density at radius 1 is 1.29 bits per heavy atom. The number of benzene rings is 1. The van der Waals surface area contributed by atoms with E-state index in [4.69, 9.17) is 0 Å². The van der Waals surface area contributed by atoms with Gasteiger partial charge in [-0.3, -0.25) is 9.78 Å². The van der Waals surface area contributed by atoms with Gasteiger partial charge in [0.2, 0.25) is 5.91 Å². The molecule has 6 nitrogen and oxygen atoms in total. The fourth-order valence-electron chi connectivity index (χ4n) is 3.73. The summed E-state index contributed by atoms with van der Waals surface area (Å²) in [5.41, 5.74) is 3.67. The first-order valence-corrected chi connectivity index (χ1v) is 10.4. The molecule has 1 amide bonds. The predicted molar refractivity (Wildman–Crippen MR) is 109 cm³/mol. The maximum Gasteiger partial charge on any atom is 0.233 e. The predicted octanol–water partition coefficient (Wildman–Crippen LogP) is 3.41. The third-order valence-corrected chi connectivity index (χ3v) is 6.12. The van der Waals surface area contributed by atoms with Crippen LogP contribution in [-0.4, -0.2) is 36.3 Å². The molecule has 1 atom stereocenters. The molecule has 1 aliphatic rings. The van der Waals surface area contributed by atoms with Crippen molar-refractivity contribution in [2.24, 2.45) is 7.05 Å². The summed E-state index contributed by atoms with van der Waals surface area (Å²) in [4.78, 5) is 19.5. The smallest absolute Gasteiger partial charge is 0.233 e. The highest BCUT2D eigenvalue weighted by Gasteiger charge is 2.29. The van der Waals surface area contributed by atoms with Crippen LogP contribution < -0.4 is 0 Å². The van der Waals surface area contributed by atoms with E-state index in [0.717, 1.165) is 30.0 Å². The van der Waals surface area contributed by atoms with Gasteiger partial charge in [0.25, 0.3) is 0 Å². The van der Waals surface area contributed by atoms with Gasteiger partial charge in [0.1, 0.15) is 6.33 Å². The first kappa shape index (κ1) is 18.7. The van der Waals surface area contributed by atoms with Gasteiger partial charge in [-0.25, -0.2) is 0 Å². The number of thioether (sulfide) groups is 1. The van der Waals surface area contributed by atoms with Crippen molar-refractivity contribution >= 4 is 17.7 Å². The molecule has 3 aromatic rings. The van der Waals surface area contributed by atoms with Gasteiger partial charge in [0, 0.05) is 26.0 Å². The monoisotopic (exact) mass is 393 g/mol. The highest BCUT2D eigenvalue weighted by molar-refractivity contribution is 7.99. The summed E-state index contributed by atoms with van der Waals surface area (Å²) >= 11 is 1.43. The van der Waals surface area contributed by atoms with Crippen LogP contribution in [0.15, 0.2) is 60.3 Å². The molecule has 0 bridgehead atoms. The summed E-state index contributed by atoms with van der Waals surface area (Å²) in [7, 11) is 1.89. The van der Waals surface area contributed by atoms with Crippen LogP contribution >= 0.6 is 11.8 Å². The zero-order valence-electron chi connectivity index (χ0n) is 15.9. The van der Waals surface area contributed by atoms with Crippen LogP contribution in [0.2, 0.25) is 0 Å². The van der Waals surface area contributed by atoms with E-state index in [-0.39, 0.29) is 11.9 Å². The van der Waals surface area contributed by atoms with Gasteiger partial charge >= 0.3 is 0 Å². The van der Waals surface area contributed by atoms with Crippen LogP contribution in [0.3, 0.4) is 0 Å². The molecule has 0 saturated carbocycles. The van der Waals surface area contributed by atoms with E-state index >= 15 is 0 Å². The first-order chi connectivity index (χ1) is 13.7. The van der Waals surface area contributed by atoms with Gasteiger partial charge in [0.05, 0.1) is 11.8 Å². The number of rotatable bonds is 6.